The van der Waals surface area contributed by atoms with E-state index in [0.29, 0.717) is 28.9 Å². The summed E-state index contributed by atoms with van der Waals surface area (Å²) in [6.45, 7) is 3.90. The minimum atomic E-state index is -3.59. The van der Waals surface area contributed by atoms with Crippen LogP contribution in [0, 0.1) is 5.82 Å². The quantitative estimate of drug-likeness (QED) is 0.694. The van der Waals surface area contributed by atoms with Crippen molar-refractivity contribution in [1.82, 2.24) is 9.97 Å². The third kappa shape index (κ3) is 4.09. The zero-order chi connectivity index (χ0) is 23.4. The Kier molecular flexibility index (Phi) is 5.70. The molecule has 0 radical (unpaired) electrons. The number of ether oxygens (including phenoxy) is 1. The normalized spacial score (nSPS) is 22.8. The van der Waals surface area contributed by atoms with E-state index in [0.717, 1.165) is 16.1 Å². The van der Waals surface area contributed by atoms with Crippen LogP contribution in [0.2, 0.25) is 0 Å². The number of nitrogens with zero attached hydrogens (tertiary/aromatic N) is 3. The lowest BCUT2D eigenvalue weighted by atomic mass is 9.75. The molecule has 0 saturated carbocycles. The van der Waals surface area contributed by atoms with E-state index in [-0.39, 0.29) is 30.6 Å². The number of esters is 1. The first-order valence-corrected chi connectivity index (χ1v) is 12.3. The second kappa shape index (κ2) is 8.08. The third-order valence-corrected chi connectivity index (χ3v) is 7.24. The molecule has 1 fully saturated rings. The van der Waals surface area contributed by atoms with Crippen molar-refractivity contribution >= 4 is 21.9 Å². The molecular formula is C22H26FN3O5S. The summed E-state index contributed by atoms with van der Waals surface area (Å²) < 4.78 is 45.1. The highest BCUT2D eigenvalue weighted by Gasteiger charge is 2.39. The van der Waals surface area contributed by atoms with Gasteiger partial charge >= 0.3 is 5.97 Å². The number of benzene rings is 1. The van der Waals surface area contributed by atoms with Crippen LogP contribution < -0.4 is 4.31 Å². The van der Waals surface area contributed by atoms with Crippen molar-refractivity contribution in [3.63, 3.8) is 0 Å². The Balaban J connectivity index is 1.91. The van der Waals surface area contributed by atoms with Gasteiger partial charge in [0.2, 0.25) is 16.0 Å². The van der Waals surface area contributed by atoms with E-state index in [1.54, 1.807) is 6.07 Å². The summed E-state index contributed by atoms with van der Waals surface area (Å²) in [6, 6.07) is 4.33. The fraction of sp³-hybridized carbons (Fsp3) is 0.500. The highest BCUT2D eigenvalue weighted by Crippen LogP contribution is 2.45. The number of aliphatic hydroxyl groups excluding tert-OH is 1. The van der Waals surface area contributed by atoms with Crippen molar-refractivity contribution in [3.8, 4) is 11.3 Å². The second-order valence-corrected chi connectivity index (χ2v) is 10.8. The van der Waals surface area contributed by atoms with Crippen molar-refractivity contribution in [2.24, 2.45) is 0 Å². The van der Waals surface area contributed by atoms with Crippen LogP contribution in [0.5, 0.6) is 0 Å². The highest BCUT2D eigenvalue weighted by atomic mass is 32.2. The molecule has 1 aliphatic carbocycles. The topological polar surface area (TPSA) is 110 Å². The molecule has 2 aromatic rings. The summed E-state index contributed by atoms with van der Waals surface area (Å²) in [6.07, 6.45) is 0.232. The van der Waals surface area contributed by atoms with Crippen molar-refractivity contribution in [2.75, 3.05) is 17.6 Å². The molecule has 1 aromatic heterocycles. The van der Waals surface area contributed by atoms with Gasteiger partial charge in [0, 0.05) is 30.5 Å². The molecule has 1 saturated heterocycles. The van der Waals surface area contributed by atoms with Crippen LogP contribution in [-0.2, 0) is 26.0 Å². The highest BCUT2D eigenvalue weighted by molar-refractivity contribution is 7.92. The van der Waals surface area contributed by atoms with Gasteiger partial charge in [-0.15, -0.1) is 0 Å². The maximum Gasteiger partial charge on any atom is 0.308 e. The molecular weight excluding hydrogens is 437 g/mol. The van der Waals surface area contributed by atoms with Crippen molar-refractivity contribution in [2.45, 2.75) is 57.2 Å². The number of sulfonamides is 1. The number of aliphatic hydroxyl groups is 1. The lowest BCUT2D eigenvalue weighted by Gasteiger charge is -2.37. The predicted octanol–water partition coefficient (Wildman–Crippen LogP) is 2.51. The zero-order valence-corrected chi connectivity index (χ0v) is 19.2. The van der Waals surface area contributed by atoms with Gasteiger partial charge in [-0.2, -0.15) is 0 Å². The van der Waals surface area contributed by atoms with Crippen LogP contribution >= 0.6 is 0 Å². The van der Waals surface area contributed by atoms with E-state index in [2.05, 4.69) is 9.97 Å². The molecule has 0 bridgehead atoms. The molecule has 2 aliphatic rings. The smallest absolute Gasteiger partial charge is 0.308 e. The Morgan fingerprint density at radius 2 is 1.97 bits per heavy atom. The first-order chi connectivity index (χ1) is 15.0. The van der Waals surface area contributed by atoms with Crippen LogP contribution in [0.1, 0.15) is 55.3 Å². The van der Waals surface area contributed by atoms with E-state index in [1.165, 1.54) is 19.2 Å². The summed E-state index contributed by atoms with van der Waals surface area (Å²) >= 11 is 0. The van der Waals surface area contributed by atoms with Gasteiger partial charge in [0.15, 0.2) is 0 Å². The summed E-state index contributed by atoms with van der Waals surface area (Å²) in [4.78, 5) is 21.1. The number of hydrogen-bond donors (Lipinski definition) is 1. The summed E-state index contributed by atoms with van der Waals surface area (Å²) in [5.74, 6) is -1.30. The molecule has 172 valence electrons. The Morgan fingerprint density at radius 1 is 1.25 bits per heavy atom. The molecule has 1 aromatic carbocycles. The number of cyclic esters (lactones) is 1. The van der Waals surface area contributed by atoms with Gasteiger partial charge in [0.05, 0.1) is 30.2 Å². The van der Waals surface area contributed by atoms with E-state index >= 15 is 0 Å². The zero-order valence-electron chi connectivity index (χ0n) is 18.4. The number of anilines is 1. The molecule has 32 heavy (non-hydrogen) atoms. The largest absolute Gasteiger partial charge is 0.462 e. The molecule has 0 spiro atoms. The second-order valence-electron chi connectivity index (χ2n) is 8.79. The van der Waals surface area contributed by atoms with Gasteiger partial charge in [0.1, 0.15) is 11.9 Å². The number of carbonyl (C=O) groups excluding carboxylic acids is 1. The van der Waals surface area contributed by atoms with Crippen molar-refractivity contribution in [1.29, 1.82) is 0 Å². The number of hydrogen-bond acceptors (Lipinski definition) is 7. The van der Waals surface area contributed by atoms with Gasteiger partial charge in [-0.1, -0.05) is 13.8 Å². The van der Waals surface area contributed by atoms with Crippen LogP contribution in [0.3, 0.4) is 0 Å². The predicted molar refractivity (Wildman–Crippen MR) is 116 cm³/mol. The molecule has 3 atom stereocenters. The molecule has 1 aliphatic heterocycles. The lowest BCUT2D eigenvalue weighted by Crippen LogP contribution is -2.38. The van der Waals surface area contributed by atoms with E-state index < -0.39 is 34.0 Å². The fourth-order valence-electron chi connectivity index (χ4n) is 4.45. The van der Waals surface area contributed by atoms with Crippen LogP contribution in [0.15, 0.2) is 18.2 Å². The number of rotatable bonds is 4. The lowest BCUT2D eigenvalue weighted by molar-refractivity contribution is -0.161. The van der Waals surface area contributed by atoms with Gasteiger partial charge < -0.3 is 9.84 Å². The molecule has 8 nitrogen and oxygen atoms in total. The average molecular weight is 464 g/mol. The molecule has 1 N–H and O–H groups in total. The van der Waals surface area contributed by atoms with Gasteiger partial charge in [-0.3, -0.25) is 4.79 Å². The van der Waals surface area contributed by atoms with Crippen LogP contribution in [-0.4, -0.2) is 55.0 Å². The Bertz CT molecular complexity index is 1180. The number of carbonyl (C=O) groups is 1. The maximum absolute atomic E-state index is 14.3. The first kappa shape index (κ1) is 22.6. The molecule has 10 heteroatoms. The number of aromatic nitrogens is 2. The average Bonchev–Trinajstić information content (AvgIpc) is 2.70. The van der Waals surface area contributed by atoms with E-state index in [1.807, 2.05) is 13.8 Å². The summed E-state index contributed by atoms with van der Waals surface area (Å²) in [5.41, 5.74) is 3.30. The molecule has 4 rings (SSSR count). The summed E-state index contributed by atoms with van der Waals surface area (Å²) in [5, 5.41) is 10.1. The Hall–Kier alpha value is -2.59. The van der Waals surface area contributed by atoms with Crippen LogP contribution in [0.25, 0.3) is 11.3 Å². The summed E-state index contributed by atoms with van der Waals surface area (Å²) in [7, 11) is -2.20. The molecule has 2 heterocycles. The molecule has 0 unspecified atom stereocenters. The fourth-order valence-corrected chi connectivity index (χ4v) is 4.83. The number of fused-ring (bicyclic) bond motifs is 3. The monoisotopic (exact) mass is 463 g/mol. The minimum Gasteiger partial charge on any atom is -0.462 e. The van der Waals surface area contributed by atoms with Crippen molar-refractivity contribution < 1.29 is 27.4 Å². The number of halogens is 1. The Morgan fingerprint density at radius 3 is 2.59 bits per heavy atom. The first-order valence-electron chi connectivity index (χ1n) is 10.5. The van der Waals surface area contributed by atoms with Crippen LogP contribution in [0.4, 0.5) is 10.3 Å². The Labute approximate surface area is 186 Å². The van der Waals surface area contributed by atoms with Gasteiger partial charge in [-0.25, -0.2) is 27.1 Å². The van der Waals surface area contributed by atoms with Gasteiger partial charge in [-0.05, 0) is 36.1 Å². The standard InChI is InChI=1S/C22H26FN3O5S/c1-11(2)20-17-10-16(18-8-13(27)9-19(28)31-18)15-7-12(23)5-6-14(15)21(17)25-22(24-20)26(3)32(4,29)30/h5-7,11,13,16,18,27H,8-10H2,1-4H3/t13-,16-,18+/m1/s1. The maximum atomic E-state index is 14.3. The third-order valence-electron chi connectivity index (χ3n) is 6.08. The SMILES string of the molecule is CC(C)c1nc(N(C)S(C)(=O)=O)nc2c1C[C@@H]([C@@H]1C[C@@H](O)CC(=O)O1)c1cc(F)ccc1-2. The van der Waals surface area contributed by atoms with E-state index in [4.69, 9.17) is 4.74 Å². The van der Waals surface area contributed by atoms with E-state index in [9.17, 15) is 22.7 Å². The molecule has 0 amide bonds. The minimum absolute atomic E-state index is 0.0411. The van der Waals surface area contributed by atoms with Gasteiger partial charge in [0.25, 0.3) is 0 Å². The van der Waals surface area contributed by atoms with Crippen molar-refractivity contribution in [3.05, 3.63) is 40.8 Å².